The van der Waals surface area contributed by atoms with Crippen LogP contribution in [-0.4, -0.2) is 86.5 Å². The lowest BCUT2D eigenvalue weighted by atomic mass is 10.0. The van der Waals surface area contributed by atoms with Crippen LogP contribution in [0.1, 0.15) is 79.2 Å². The summed E-state index contributed by atoms with van der Waals surface area (Å²) in [4.78, 5) is 15.6. The first-order valence-corrected chi connectivity index (χ1v) is 17.1. The second-order valence-electron chi connectivity index (χ2n) is 12.8. The molecule has 0 fully saturated rings. The monoisotopic (exact) mass is 649 g/mol. The summed E-state index contributed by atoms with van der Waals surface area (Å²) in [6, 6.07) is 6.86. The van der Waals surface area contributed by atoms with Gasteiger partial charge in [0.1, 0.15) is 12.0 Å². The second-order valence-corrected chi connectivity index (χ2v) is 13.9. The number of allylic oxidation sites excluding steroid dienone is 5. The third-order valence-electron chi connectivity index (χ3n) is 7.47. The van der Waals surface area contributed by atoms with E-state index in [-0.39, 0.29) is 24.2 Å². The fourth-order valence-electron chi connectivity index (χ4n) is 4.71. The van der Waals surface area contributed by atoms with Gasteiger partial charge in [0.2, 0.25) is 5.91 Å². The molecule has 2 N–H and O–H groups in total. The summed E-state index contributed by atoms with van der Waals surface area (Å²) in [7, 11) is -0.482. The van der Waals surface area contributed by atoms with Crippen molar-refractivity contribution in [2.24, 2.45) is 5.92 Å². The molecule has 0 aromatic heterocycles. The number of carbonyl (C=O) groups is 1. The molecule has 0 bridgehead atoms. The number of hydrogen-bond donors (Lipinski definition) is 2. The van der Waals surface area contributed by atoms with E-state index in [2.05, 4.69) is 64.0 Å². The molecule has 0 saturated carbocycles. The molecule has 10 heteroatoms. The quantitative estimate of drug-likeness (QED) is 0.0371. The molecule has 2 atom stereocenters. The smallest absolute Gasteiger partial charge is 0.397 e. The zero-order valence-electron chi connectivity index (χ0n) is 28.7. The number of phenols is 1. The highest BCUT2D eigenvalue weighted by molar-refractivity contribution is 7.80. The van der Waals surface area contributed by atoms with E-state index in [9.17, 15) is 18.3 Å². The van der Waals surface area contributed by atoms with Crippen molar-refractivity contribution in [3.05, 3.63) is 70.9 Å². The van der Waals surface area contributed by atoms with Gasteiger partial charge in [-0.05, 0) is 72.4 Å². The number of ether oxygens (including phenoxy) is 1. The average molecular weight is 650 g/mol. The Bertz CT molecular complexity index is 1270. The Hall–Kier alpha value is -2.76. The van der Waals surface area contributed by atoms with E-state index >= 15 is 0 Å². The van der Waals surface area contributed by atoms with Gasteiger partial charge in [0.15, 0.2) is 0 Å². The van der Waals surface area contributed by atoms with Crippen LogP contribution in [0.5, 0.6) is 5.75 Å². The van der Waals surface area contributed by atoms with Crippen molar-refractivity contribution < 1.29 is 36.3 Å². The third kappa shape index (κ3) is 18.7. The zero-order chi connectivity index (χ0) is 34.0. The number of amides is 1. The van der Waals surface area contributed by atoms with Crippen LogP contribution in [0.2, 0.25) is 0 Å². The van der Waals surface area contributed by atoms with Crippen molar-refractivity contribution in [1.29, 1.82) is 0 Å². The highest BCUT2D eigenvalue weighted by Crippen LogP contribution is 2.22. The van der Waals surface area contributed by atoms with Gasteiger partial charge in [-0.15, -0.1) is 0 Å². The lowest BCUT2D eigenvalue weighted by Gasteiger charge is -2.38. The number of aromatic hydroxyl groups is 1. The summed E-state index contributed by atoms with van der Waals surface area (Å²) < 4.78 is 42.2. The summed E-state index contributed by atoms with van der Waals surface area (Å²) in [6.07, 6.45) is 13.1. The molecule has 0 aliphatic rings. The summed E-state index contributed by atoms with van der Waals surface area (Å²) in [5.74, 6) is -0.104. The number of benzene rings is 1. The zero-order valence-corrected chi connectivity index (χ0v) is 29.5. The molecule has 45 heavy (non-hydrogen) atoms. The van der Waals surface area contributed by atoms with Gasteiger partial charge >= 0.3 is 10.4 Å². The molecule has 0 spiro atoms. The largest absolute Gasteiger partial charge is 0.507 e. The molecule has 254 valence electrons. The van der Waals surface area contributed by atoms with E-state index in [0.29, 0.717) is 42.7 Å². The topological polar surface area (TPSA) is 113 Å². The molecule has 0 saturated heterocycles. The lowest BCUT2D eigenvalue weighted by molar-refractivity contribution is -0.890. The highest BCUT2D eigenvalue weighted by atomic mass is 32.3. The third-order valence-corrected chi connectivity index (χ3v) is 7.93. The van der Waals surface area contributed by atoms with Crippen molar-refractivity contribution in [2.75, 3.05) is 46.9 Å². The van der Waals surface area contributed by atoms with Crippen LogP contribution in [0, 0.1) is 5.92 Å². The molecule has 0 aliphatic heterocycles. The number of rotatable bonds is 21. The molecular weight excluding hydrogens is 592 g/mol. The number of phenolic OH excluding ortho intramolecular Hbond substituents is 1. The Kier molecular flexibility index (Phi) is 18.2. The first-order valence-electron chi connectivity index (χ1n) is 15.7. The maximum atomic E-state index is 13.9. The van der Waals surface area contributed by atoms with Gasteiger partial charge in [0.25, 0.3) is 0 Å². The van der Waals surface area contributed by atoms with E-state index in [0.717, 1.165) is 25.7 Å². The highest BCUT2D eigenvalue weighted by Gasteiger charge is 2.30. The predicted octanol–water partition coefficient (Wildman–Crippen LogP) is 6.94. The minimum atomic E-state index is -4.48. The Morgan fingerprint density at radius 1 is 1.00 bits per heavy atom. The van der Waals surface area contributed by atoms with Crippen LogP contribution in [-0.2, 0) is 24.1 Å². The molecule has 0 heterocycles. The van der Waals surface area contributed by atoms with Crippen molar-refractivity contribution in [3.63, 3.8) is 0 Å². The maximum absolute atomic E-state index is 13.9. The molecule has 1 amide bonds. The summed E-state index contributed by atoms with van der Waals surface area (Å²) >= 11 is 0. The number of para-hydroxylation sites is 1. The van der Waals surface area contributed by atoms with Crippen molar-refractivity contribution >= 4 is 22.4 Å². The maximum Gasteiger partial charge on any atom is 0.397 e. The van der Waals surface area contributed by atoms with Crippen LogP contribution in [0.25, 0.3) is 6.08 Å². The van der Waals surface area contributed by atoms with E-state index in [1.54, 1.807) is 35.2 Å². The molecule has 1 rings (SSSR count). The summed E-state index contributed by atoms with van der Waals surface area (Å²) in [5.41, 5.74) is 4.31. The standard InChI is InChI=1S/C35H56N2O7S/c1-28(2)14-11-16-30(5)22-27-43-35(31(6)17-12-15-29(3)4)36(34(39)21-20-32-18-9-10-19-33(32)38)23-25-37(7,8)24-13-26-44-45(40,41)42/h9-10,14-15,18-22,31,35H,11-13,16-17,23-27H2,1-8H3,(H-,38,39,40,41,42)/p+1/b30-22+. The first kappa shape index (κ1) is 40.3. The summed E-state index contributed by atoms with van der Waals surface area (Å²) in [6.45, 7) is 14.3. The number of nitrogens with zero attached hydrogens (tertiary/aromatic N) is 2. The molecule has 0 radical (unpaired) electrons. The Morgan fingerprint density at radius 3 is 2.27 bits per heavy atom. The molecule has 1 aromatic carbocycles. The van der Waals surface area contributed by atoms with Crippen molar-refractivity contribution in [2.45, 2.75) is 79.9 Å². The first-order chi connectivity index (χ1) is 21.0. The Balaban J connectivity index is 3.27. The second kappa shape index (κ2) is 20.4. The van der Waals surface area contributed by atoms with E-state index in [1.165, 1.54) is 22.8 Å². The van der Waals surface area contributed by atoms with Crippen LogP contribution in [0.3, 0.4) is 0 Å². The number of hydrogen-bond acceptors (Lipinski definition) is 6. The van der Waals surface area contributed by atoms with E-state index < -0.39 is 16.6 Å². The van der Waals surface area contributed by atoms with Crippen LogP contribution in [0.4, 0.5) is 0 Å². The Labute approximate surface area is 272 Å². The minimum Gasteiger partial charge on any atom is -0.507 e. The van der Waals surface area contributed by atoms with Crippen LogP contribution >= 0.6 is 0 Å². The molecule has 2 unspecified atom stereocenters. The van der Waals surface area contributed by atoms with Gasteiger partial charge in [0, 0.05) is 24.0 Å². The van der Waals surface area contributed by atoms with Gasteiger partial charge < -0.3 is 19.2 Å². The fraction of sp³-hybridized carbons (Fsp3) is 0.571. The molecule has 9 nitrogen and oxygen atoms in total. The number of likely N-dealkylation sites (N-methyl/N-ethyl adjacent to an activating group) is 1. The average Bonchev–Trinajstić information content (AvgIpc) is 2.93. The molecule has 0 aliphatic carbocycles. The van der Waals surface area contributed by atoms with Gasteiger partial charge in [0.05, 0.1) is 46.9 Å². The van der Waals surface area contributed by atoms with Crippen LogP contribution in [0.15, 0.2) is 65.3 Å². The SMILES string of the molecule is CC(C)=CCC/C(C)=C/COC(C(C)CCC=C(C)C)N(CC[N+](C)(C)CCCOS(=O)(=O)O)C(=O)/C=C/c1ccccc1O. The fourth-order valence-corrected chi connectivity index (χ4v) is 5.04. The summed E-state index contributed by atoms with van der Waals surface area (Å²) in [5, 5.41) is 10.2. The van der Waals surface area contributed by atoms with Gasteiger partial charge in [-0.3, -0.25) is 9.35 Å². The van der Waals surface area contributed by atoms with E-state index in [1.807, 2.05) is 14.1 Å². The van der Waals surface area contributed by atoms with Crippen molar-refractivity contribution in [3.8, 4) is 5.75 Å². The van der Waals surface area contributed by atoms with Crippen LogP contribution < -0.4 is 0 Å². The number of quaternary nitrogens is 1. The predicted molar refractivity (Wildman–Crippen MR) is 183 cm³/mol. The molecule has 1 aromatic rings. The lowest BCUT2D eigenvalue weighted by Crippen LogP contribution is -2.52. The molecular formula is C35H57N2O7S+. The van der Waals surface area contributed by atoms with Gasteiger partial charge in [-0.25, -0.2) is 4.18 Å². The minimum absolute atomic E-state index is 0.0289. The Morgan fingerprint density at radius 2 is 1.64 bits per heavy atom. The number of carbonyl (C=O) groups excluding carboxylic acids is 1. The van der Waals surface area contributed by atoms with E-state index in [4.69, 9.17) is 9.29 Å². The van der Waals surface area contributed by atoms with Gasteiger partial charge in [-0.2, -0.15) is 8.42 Å². The van der Waals surface area contributed by atoms with Crippen molar-refractivity contribution in [1.82, 2.24) is 4.90 Å². The van der Waals surface area contributed by atoms with Gasteiger partial charge in [-0.1, -0.05) is 60.1 Å². The normalized spacial score (nSPS) is 13.8.